The Balaban J connectivity index is 1.74. The van der Waals surface area contributed by atoms with Crippen molar-refractivity contribution in [3.63, 3.8) is 0 Å². The fourth-order valence-electron chi connectivity index (χ4n) is 5.21. The molecule has 37 heavy (non-hydrogen) atoms. The van der Waals surface area contributed by atoms with E-state index in [0.717, 1.165) is 35.2 Å². The third-order valence-corrected chi connectivity index (χ3v) is 8.25. The van der Waals surface area contributed by atoms with Gasteiger partial charge in [-0.2, -0.15) is 5.10 Å². The van der Waals surface area contributed by atoms with Crippen LogP contribution in [-0.4, -0.2) is 25.8 Å². The number of carboxylic acids is 1. The zero-order chi connectivity index (χ0) is 26.5. The standard InChI is InChI=1S/C30H29ClFN3O2/c1-5-30(3,4)19-14-18(15-23-17(2)34-35(28(23)31)21-12-10-20(32)11-13-21)27-24(16-19)26(29(36)37)22-8-6-7-9-25(22)33-27/h6-13,15,19H,5,14,16H2,1-4H3,(H,36,37)/b18-15-/t19-/m0/s1. The van der Waals surface area contributed by atoms with Crippen molar-refractivity contribution >= 4 is 40.1 Å². The lowest BCUT2D eigenvalue weighted by Crippen LogP contribution is -2.30. The van der Waals surface area contributed by atoms with Crippen molar-refractivity contribution in [1.82, 2.24) is 14.8 Å². The van der Waals surface area contributed by atoms with E-state index >= 15 is 0 Å². The first-order valence-electron chi connectivity index (χ1n) is 12.5. The van der Waals surface area contributed by atoms with Gasteiger partial charge in [0.25, 0.3) is 0 Å². The minimum atomic E-state index is -0.942. The van der Waals surface area contributed by atoms with E-state index in [1.807, 2.05) is 37.3 Å². The second-order valence-electron chi connectivity index (χ2n) is 10.4. The van der Waals surface area contributed by atoms with Crippen LogP contribution in [0.2, 0.25) is 5.15 Å². The highest BCUT2D eigenvalue weighted by Gasteiger charge is 2.36. The van der Waals surface area contributed by atoms with Crippen LogP contribution in [0.15, 0.2) is 48.5 Å². The van der Waals surface area contributed by atoms with Crippen LogP contribution in [0, 0.1) is 24.1 Å². The predicted octanol–water partition coefficient (Wildman–Crippen LogP) is 7.76. The van der Waals surface area contributed by atoms with Gasteiger partial charge in [-0.05, 0) is 78.6 Å². The first-order chi connectivity index (χ1) is 17.6. The fourth-order valence-corrected chi connectivity index (χ4v) is 5.54. The average Bonchev–Trinajstić information content (AvgIpc) is 3.15. The van der Waals surface area contributed by atoms with Crippen LogP contribution < -0.4 is 0 Å². The molecule has 0 unspecified atom stereocenters. The summed E-state index contributed by atoms with van der Waals surface area (Å²) < 4.78 is 15.1. The van der Waals surface area contributed by atoms with E-state index in [4.69, 9.17) is 16.6 Å². The Morgan fingerprint density at radius 3 is 2.57 bits per heavy atom. The fraction of sp³-hybridized carbons (Fsp3) is 0.300. The summed E-state index contributed by atoms with van der Waals surface area (Å²) in [6.45, 7) is 8.52. The van der Waals surface area contributed by atoms with Gasteiger partial charge in [0.2, 0.25) is 0 Å². The number of carboxylic acid groups (broad SMARTS) is 1. The Morgan fingerprint density at radius 1 is 1.19 bits per heavy atom. The number of rotatable bonds is 5. The lowest BCUT2D eigenvalue weighted by atomic mass is 9.67. The molecule has 190 valence electrons. The third kappa shape index (κ3) is 4.44. The zero-order valence-electron chi connectivity index (χ0n) is 21.3. The molecule has 0 radical (unpaired) electrons. The van der Waals surface area contributed by atoms with Crippen molar-refractivity contribution in [3.05, 3.63) is 87.6 Å². The number of allylic oxidation sites excluding steroid dienone is 1. The number of halogens is 2. The molecule has 0 bridgehead atoms. The molecular formula is C30H29ClFN3O2. The average molecular weight is 518 g/mol. The van der Waals surface area contributed by atoms with Crippen LogP contribution in [0.1, 0.15) is 66.5 Å². The number of aryl methyl sites for hydroxylation is 1. The van der Waals surface area contributed by atoms with E-state index in [0.29, 0.717) is 39.4 Å². The van der Waals surface area contributed by atoms with E-state index in [1.54, 1.807) is 16.8 Å². The molecule has 1 aliphatic carbocycles. The number of pyridine rings is 1. The summed E-state index contributed by atoms with van der Waals surface area (Å²) >= 11 is 6.83. The maximum atomic E-state index is 13.5. The van der Waals surface area contributed by atoms with Crippen LogP contribution in [0.5, 0.6) is 0 Å². The third-order valence-electron chi connectivity index (χ3n) is 7.88. The van der Waals surface area contributed by atoms with Gasteiger partial charge in [-0.15, -0.1) is 0 Å². The summed E-state index contributed by atoms with van der Waals surface area (Å²) in [4.78, 5) is 17.5. The predicted molar refractivity (Wildman–Crippen MR) is 146 cm³/mol. The van der Waals surface area contributed by atoms with Gasteiger partial charge >= 0.3 is 5.97 Å². The number of benzene rings is 2. The summed E-state index contributed by atoms with van der Waals surface area (Å²) in [6.07, 6.45) is 4.37. The van der Waals surface area contributed by atoms with Gasteiger partial charge in [0.15, 0.2) is 0 Å². The SMILES string of the molecule is CCC(C)(C)[C@H]1C/C(=C/c2c(C)nn(-c3ccc(F)cc3)c2Cl)c2nc3ccccc3c(C(=O)O)c2C1. The highest BCUT2D eigenvalue weighted by molar-refractivity contribution is 6.31. The Hall–Kier alpha value is -3.51. The van der Waals surface area contributed by atoms with Crippen LogP contribution >= 0.6 is 11.6 Å². The van der Waals surface area contributed by atoms with E-state index in [1.165, 1.54) is 12.1 Å². The van der Waals surface area contributed by atoms with E-state index in [-0.39, 0.29) is 17.2 Å². The highest BCUT2D eigenvalue weighted by Crippen LogP contribution is 2.46. The molecule has 0 amide bonds. The number of nitrogens with zero attached hydrogens (tertiary/aromatic N) is 3. The molecule has 0 saturated heterocycles. The van der Waals surface area contributed by atoms with Crippen molar-refractivity contribution in [2.24, 2.45) is 11.3 Å². The van der Waals surface area contributed by atoms with Crippen LogP contribution in [0.25, 0.3) is 28.2 Å². The van der Waals surface area contributed by atoms with Crippen LogP contribution in [0.3, 0.4) is 0 Å². The van der Waals surface area contributed by atoms with Crippen molar-refractivity contribution < 1.29 is 14.3 Å². The molecule has 1 aliphatic rings. The van der Waals surface area contributed by atoms with E-state index in [2.05, 4.69) is 25.9 Å². The molecule has 2 heterocycles. The van der Waals surface area contributed by atoms with Crippen molar-refractivity contribution in [1.29, 1.82) is 0 Å². The first-order valence-corrected chi connectivity index (χ1v) is 12.9. The van der Waals surface area contributed by atoms with Crippen molar-refractivity contribution in [2.45, 2.75) is 47.0 Å². The second kappa shape index (κ2) is 9.42. The monoisotopic (exact) mass is 517 g/mol. The number of para-hydroxylation sites is 1. The molecule has 0 aliphatic heterocycles. The molecule has 5 rings (SSSR count). The molecule has 7 heteroatoms. The van der Waals surface area contributed by atoms with Gasteiger partial charge in [0.1, 0.15) is 11.0 Å². The number of carbonyl (C=O) groups is 1. The summed E-state index contributed by atoms with van der Waals surface area (Å²) in [5.41, 5.74) is 5.54. The Morgan fingerprint density at radius 2 is 1.89 bits per heavy atom. The van der Waals surface area contributed by atoms with Gasteiger partial charge in [-0.1, -0.05) is 57.0 Å². The maximum absolute atomic E-state index is 13.5. The minimum absolute atomic E-state index is 0.00463. The molecule has 1 atom stereocenters. The first kappa shape index (κ1) is 25.2. The number of aromatic nitrogens is 3. The van der Waals surface area contributed by atoms with Crippen LogP contribution in [0.4, 0.5) is 4.39 Å². The summed E-state index contributed by atoms with van der Waals surface area (Å²) in [6, 6.07) is 13.4. The van der Waals surface area contributed by atoms with Crippen molar-refractivity contribution in [2.75, 3.05) is 0 Å². The highest BCUT2D eigenvalue weighted by atomic mass is 35.5. The number of hydrogen-bond donors (Lipinski definition) is 1. The molecule has 0 fully saturated rings. The van der Waals surface area contributed by atoms with Gasteiger partial charge < -0.3 is 5.11 Å². The molecule has 4 aromatic rings. The second-order valence-corrected chi connectivity index (χ2v) is 10.8. The minimum Gasteiger partial charge on any atom is -0.478 e. The van der Waals surface area contributed by atoms with Gasteiger partial charge in [-0.25, -0.2) is 18.9 Å². The smallest absolute Gasteiger partial charge is 0.336 e. The number of fused-ring (bicyclic) bond motifs is 2. The van der Waals surface area contributed by atoms with E-state index in [9.17, 15) is 14.3 Å². The molecule has 5 nitrogen and oxygen atoms in total. The molecule has 2 aromatic carbocycles. The topological polar surface area (TPSA) is 68.0 Å². The number of hydrogen-bond acceptors (Lipinski definition) is 3. The summed E-state index contributed by atoms with van der Waals surface area (Å²) in [7, 11) is 0. The quantitative estimate of drug-likeness (QED) is 0.294. The Labute approximate surface area is 220 Å². The summed E-state index contributed by atoms with van der Waals surface area (Å²) in [5, 5.41) is 16.0. The summed E-state index contributed by atoms with van der Waals surface area (Å²) in [5.74, 6) is -1.05. The molecule has 1 N–H and O–H groups in total. The molecule has 2 aromatic heterocycles. The van der Waals surface area contributed by atoms with Gasteiger partial charge in [0, 0.05) is 10.9 Å². The van der Waals surface area contributed by atoms with Crippen LogP contribution in [-0.2, 0) is 6.42 Å². The van der Waals surface area contributed by atoms with Crippen molar-refractivity contribution in [3.8, 4) is 5.69 Å². The lowest BCUT2D eigenvalue weighted by Gasteiger charge is -2.38. The Kier molecular flexibility index (Phi) is 6.40. The largest absolute Gasteiger partial charge is 0.478 e. The maximum Gasteiger partial charge on any atom is 0.336 e. The van der Waals surface area contributed by atoms with Gasteiger partial charge in [0.05, 0.1) is 28.2 Å². The molecule has 0 saturated carbocycles. The lowest BCUT2D eigenvalue weighted by molar-refractivity contribution is 0.0696. The molecular weight excluding hydrogens is 489 g/mol. The van der Waals surface area contributed by atoms with Gasteiger partial charge in [-0.3, -0.25) is 0 Å². The normalized spacial score (nSPS) is 16.8. The Bertz CT molecular complexity index is 1550. The molecule has 0 spiro atoms. The van der Waals surface area contributed by atoms with E-state index < -0.39 is 5.97 Å². The zero-order valence-corrected chi connectivity index (χ0v) is 22.1. The number of aromatic carboxylic acids is 1.